The third-order valence-electron chi connectivity index (χ3n) is 4.44. The van der Waals surface area contributed by atoms with Crippen molar-refractivity contribution in [1.29, 1.82) is 0 Å². The highest BCUT2D eigenvalue weighted by atomic mass is 16.5. The number of nitroso groups, excluding NO2 is 1. The van der Waals surface area contributed by atoms with Crippen molar-refractivity contribution in [3.05, 3.63) is 40.3 Å². The van der Waals surface area contributed by atoms with Crippen molar-refractivity contribution >= 4 is 5.97 Å². The van der Waals surface area contributed by atoms with Crippen molar-refractivity contribution in [2.45, 2.75) is 53.0 Å². The Morgan fingerprint density at radius 3 is 2.19 bits per heavy atom. The van der Waals surface area contributed by atoms with E-state index in [0.717, 1.165) is 6.42 Å². The molecule has 1 rings (SSSR count). The van der Waals surface area contributed by atoms with E-state index in [4.69, 9.17) is 4.74 Å². The third-order valence-corrected chi connectivity index (χ3v) is 4.44. The number of benzene rings is 1. The zero-order valence-corrected chi connectivity index (χ0v) is 13.6. The summed E-state index contributed by atoms with van der Waals surface area (Å²) in [6.45, 7) is 9.85. The summed E-state index contributed by atoms with van der Waals surface area (Å²) in [7, 11) is 0. The molecule has 0 atom stereocenters. The maximum absolute atomic E-state index is 11.9. The lowest BCUT2D eigenvalue weighted by Crippen LogP contribution is -2.38. The van der Waals surface area contributed by atoms with E-state index in [0.29, 0.717) is 12.0 Å². The highest BCUT2D eigenvalue weighted by Crippen LogP contribution is 2.36. The average molecular weight is 291 g/mol. The third kappa shape index (κ3) is 4.38. The maximum Gasteiger partial charge on any atom is 0.338 e. The Hall–Kier alpha value is -1.71. The zero-order chi connectivity index (χ0) is 16.1. The Morgan fingerprint density at radius 2 is 1.71 bits per heavy atom. The van der Waals surface area contributed by atoms with Gasteiger partial charge in [0.2, 0.25) is 0 Å². The Bertz CT molecular complexity index is 489. The van der Waals surface area contributed by atoms with Gasteiger partial charge in [-0.3, -0.25) is 0 Å². The molecule has 0 amide bonds. The van der Waals surface area contributed by atoms with Gasteiger partial charge in [0.1, 0.15) is 5.54 Å². The lowest BCUT2D eigenvalue weighted by Gasteiger charge is -2.35. The number of esters is 1. The van der Waals surface area contributed by atoms with E-state index in [9.17, 15) is 9.70 Å². The smallest absolute Gasteiger partial charge is 0.338 e. The fourth-order valence-electron chi connectivity index (χ4n) is 1.79. The standard InChI is InChI=1S/C17H25NO3/c1-6-13-7-9-14(10-8-13)15(19)21-12-11-16(2,3)17(4,5)18-20/h7-10H,6,11-12H2,1-5H3. The molecule has 0 aliphatic heterocycles. The van der Waals surface area contributed by atoms with E-state index in [1.54, 1.807) is 26.0 Å². The van der Waals surface area contributed by atoms with Crippen molar-refractivity contribution in [3.63, 3.8) is 0 Å². The maximum atomic E-state index is 11.9. The minimum absolute atomic E-state index is 0.278. The minimum Gasteiger partial charge on any atom is -0.462 e. The fourth-order valence-corrected chi connectivity index (χ4v) is 1.79. The molecular formula is C17H25NO3. The summed E-state index contributed by atoms with van der Waals surface area (Å²) in [6.07, 6.45) is 1.53. The minimum atomic E-state index is -0.692. The molecule has 0 unspecified atom stereocenters. The van der Waals surface area contributed by atoms with Crippen LogP contribution in [-0.4, -0.2) is 18.1 Å². The van der Waals surface area contributed by atoms with Gasteiger partial charge in [-0.15, -0.1) is 0 Å². The molecule has 0 aromatic heterocycles. The van der Waals surface area contributed by atoms with Gasteiger partial charge in [-0.25, -0.2) is 4.79 Å². The molecule has 0 aliphatic rings. The molecule has 0 spiro atoms. The van der Waals surface area contributed by atoms with Crippen LogP contribution in [0.3, 0.4) is 0 Å². The van der Waals surface area contributed by atoms with Crippen molar-refractivity contribution in [3.8, 4) is 0 Å². The molecule has 0 aliphatic carbocycles. The quantitative estimate of drug-likeness (QED) is 0.553. The molecule has 0 N–H and O–H groups in total. The summed E-state index contributed by atoms with van der Waals surface area (Å²) in [4.78, 5) is 22.8. The molecule has 1 aromatic rings. The second kappa shape index (κ2) is 6.83. The highest BCUT2D eigenvalue weighted by Gasteiger charge is 2.38. The molecular weight excluding hydrogens is 266 g/mol. The number of aryl methyl sites for hydroxylation is 1. The lowest BCUT2D eigenvalue weighted by molar-refractivity contribution is 0.0414. The molecule has 4 heteroatoms. The number of hydrogen-bond acceptors (Lipinski definition) is 4. The van der Waals surface area contributed by atoms with Gasteiger partial charge in [0.15, 0.2) is 0 Å². The van der Waals surface area contributed by atoms with Crippen LogP contribution in [0.2, 0.25) is 0 Å². The Morgan fingerprint density at radius 1 is 1.14 bits per heavy atom. The molecule has 0 radical (unpaired) electrons. The summed E-state index contributed by atoms with van der Waals surface area (Å²) in [6, 6.07) is 7.42. The van der Waals surface area contributed by atoms with Gasteiger partial charge in [0, 0.05) is 0 Å². The molecule has 0 heterocycles. The number of carbonyl (C=O) groups excluding carboxylic acids is 1. The van der Waals surface area contributed by atoms with Crippen LogP contribution in [-0.2, 0) is 11.2 Å². The van der Waals surface area contributed by atoms with Crippen LogP contribution in [0.25, 0.3) is 0 Å². The molecule has 1 aromatic carbocycles. The second-order valence-corrected chi connectivity index (χ2v) is 6.47. The van der Waals surface area contributed by atoms with Gasteiger partial charge in [0.25, 0.3) is 0 Å². The van der Waals surface area contributed by atoms with Crippen LogP contribution < -0.4 is 0 Å². The molecule has 0 bridgehead atoms. The van der Waals surface area contributed by atoms with Crippen LogP contribution in [0.5, 0.6) is 0 Å². The number of carbonyl (C=O) groups is 1. The highest BCUT2D eigenvalue weighted by molar-refractivity contribution is 5.89. The van der Waals surface area contributed by atoms with Gasteiger partial charge in [-0.05, 0) is 49.8 Å². The van der Waals surface area contributed by atoms with E-state index < -0.39 is 5.54 Å². The number of hydrogen-bond donors (Lipinski definition) is 0. The van der Waals surface area contributed by atoms with E-state index >= 15 is 0 Å². The number of nitrogens with zero attached hydrogens (tertiary/aromatic N) is 1. The first kappa shape index (κ1) is 17.3. The van der Waals surface area contributed by atoms with Crippen LogP contribution >= 0.6 is 0 Å². The van der Waals surface area contributed by atoms with Gasteiger partial charge < -0.3 is 4.74 Å². The predicted octanol–water partition coefficient (Wildman–Crippen LogP) is 4.37. The lowest BCUT2D eigenvalue weighted by atomic mass is 9.73. The van der Waals surface area contributed by atoms with Crippen molar-refractivity contribution in [2.24, 2.45) is 10.6 Å². The Balaban J connectivity index is 2.55. The Labute approximate surface area is 126 Å². The van der Waals surface area contributed by atoms with Crippen molar-refractivity contribution in [1.82, 2.24) is 0 Å². The van der Waals surface area contributed by atoms with Crippen molar-refractivity contribution < 1.29 is 9.53 Å². The zero-order valence-electron chi connectivity index (χ0n) is 13.6. The molecule has 0 saturated carbocycles. The average Bonchev–Trinajstić information content (AvgIpc) is 2.46. The van der Waals surface area contributed by atoms with E-state index in [1.165, 1.54) is 5.56 Å². The van der Waals surface area contributed by atoms with E-state index in [1.807, 2.05) is 26.0 Å². The molecule has 4 nitrogen and oxygen atoms in total. The predicted molar refractivity (Wildman–Crippen MR) is 84.4 cm³/mol. The first-order valence-electron chi connectivity index (χ1n) is 7.34. The monoisotopic (exact) mass is 291 g/mol. The largest absolute Gasteiger partial charge is 0.462 e. The molecule has 21 heavy (non-hydrogen) atoms. The van der Waals surface area contributed by atoms with Crippen LogP contribution in [0.15, 0.2) is 29.4 Å². The van der Waals surface area contributed by atoms with Crippen LogP contribution in [0, 0.1) is 10.3 Å². The van der Waals surface area contributed by atoms with Crippen LogP contribution in [0.1, 0.15) is 57.0 Å². The van der Waals surface area contributed by atoms with Gasteiger partial charge >= 0.3 is 5.97 Å². The second-order valence-electron chi connectivity index (χ2n) is 6.47. The summed E-state index contributed by atoms with van der Waals surface area (Å²) in [5.74, 6) is -0.328. The number of rotatable bonds is 7. The molecule has 0 fully saturated rings. The Kier molecular flexibility index (Phi) is 5.64. The van der Waals surface area contributed by atoms with E-state index in [-0.39, 0.29) is 18.0 Å². The van der Waals surface area contributed by atoms with Crippen molar-refractivity contribution in [2.75, 3.05) is 6.61 Å². The molecule has 0 saturated heterocycles. The van der Waals surface area contributed by atoms with Crippen LogP contribution in [0.4, 0.5) is 0 Å². The van der Waals surface area contributed by atoms with Gasteiger partial charge in [0.05, 0.1) is 12.2 Å². The van der Waals surface area contributed by atoms with Gasteiger partial charge in [-0.2, -0.15) is 4.91 Å². The first-order chi connectivity index (χ1) is 9.73. The van der Waals surface area contributed by atoms with Gasteiger partial charge in [-0.1, -0.05) is 38.1 Å². The normalized spacial score (nSPS) is 12.0. The summed E-state index contributed by atoms with van der Waals surface area (Å²) in [5.41, 5.74) is 0.716. The SMILES string of the molecule is CCc1ccc(C(=O)OCCC(C)(C)C(C)(C)N=O)cc1. The topological polar surface area (TPSA) is 55.7 Å². The summed E-state index contributed by atoms with van der Waals surface area (Å²) < 4.78 is 5.29. The molecule has 116 valence electrons. The summed E-state index contributed by atoms with van der Waals surface area (Å²) in [5, 5.41) is 3.18. The van der Waals surface area contributed by atoms with E-state index in [2.05, 4.69) is 12.1 Å². The first-order valence-corrected chi connectivity index (χ1v) is 7.34. The summed E-state index contributed by atoms with van der Waals surface area (Å²) >= 11 is 0. The number of ether oxygens (including phenoxy) is 1. The fraction of sp³-hybridized carbons (Fsp3) is 0.588.